The molecule has 1 aromatic rings. The predicted molar refractivity (Wildman–Crippen MR) is 60.0 cm³/mol. The van der Waals surface area contributed by atoms with E-state index in [-0.39, 0.29) is 5.97 Å². The molecule has 0 radical (unpaired) electrons. The zero-order valence-corrected chi connectivity index (χ0v) is 9.01. The Balaban J connectivity index is 3.02. The number of esters is 1. The summed E-state index contributed by atoms with van der Waals surface area (Å²) in [5.74, 6) is -0.300. The number of hydrogen-bond acceptors (Lipinski definition) is 3. The lowest BCUT2D eigenvalue weighted by atomic mass is 10.1. The molecule has 14 heavy (non-hydrogen) atoms. The number of hydrogen-bond donors (Lipinski definition) is 0. The largest absolute Gasteiger partial charge is 0.465 e. The second kappa shape index (κ2) is 5.50. The van der Waals surface area contributed by atoms with Gasteiger partial charge in [-0.1, -0.05) is 30.3 Å². The molecule has 1 rings (SSSR count). The van der Waals surface area contributed by atoms with E-state index in [2.05, 4.69) is 0 Å². The fraction of sp³-hybridized carbons (Fsp3) is 0.182. The Labute approximate surface area is 88.0 Å². The van der Waals surface area contributed by atoms with Crippen molar-refractivity contribution < 1.29 is 9.53 Å². The van der Waals surface area contributed by atoms with Crippen LogP contribution in [-0.4, -0.2) is 19.3 Å². The third kappa shape index (κ3) is 2.64. The first-order valence-corrected chi connectivity index (χ1v) is 5.45. The fourth-order valence-corrected chi connectivity index (χ4v) is 1.55. The van der Waals surface area contributed by atoms with Gasteiger partial charge in [0.15, 0.2) is 0 Å². The molecule has 0 spiro atoms. The minimum atomic E-state index is -0.300. The summed E-state index contributed by atoms with van der Waals surface area (Å²) in [4.78, 5) is 11.4. The van der Waals surface area contributed by atoms with Gasteiger partial charge in [0.05, 0.1) is 12.7 Å². The summed E-state index contributed by atoms with van der Waals surface area (Å²) < 4.78 is 4.70. The zero-order valence-electron chi connectivity index (χ0n) is 8.19. The van der Waals surface area contributed by atoms with Gasteiger partial charge in [0, 0.05) is 0 Å². The van der Waals surface area contributed by atoms with E-state index >= 15 is 0 Å². The molecule has 0 atom stereocenters. The summed E-state index contributed by atoms with van der Waals surface area (Å²) in [6.07, 6.45) is 1.91. The number of ether oxygens (including phenoxy) is 1. The van der Waals surface area contributed by atoms with Gasteiger partial charge in [-0.25, -0.2) is 4.79 Å². The van der Waals surface area contributed by atoms with Crippen LogP contribution in [-0.2, 0) is 9.53 Å². The number of carbonyl (C=O) groups excluding carboxylic acids is 1. The second-order valence-electron chi connectivity index (χ2n) is 2.62. The SMILES string of the molecule is COC(=O)/C(=C/SC)c1ccccc1. The van der Waals surface area contributed by atoms with Crippen molar-refractivity contribution in [2.45, 2.75) is 0 Å². The van der Waals surface area contributed by atoms with Crippen LogP contribution in [0.15, 0.2) is 35.7 Å². The Morgan fingerprint density at radius 2 is 2.00 bits per heavy atom. The van der Waals surface area contributed by atoms with E-state index in [4.69, 9.17) is 4.74 Å². The number of carbonyl (C=O) groups is 1. The summed E-state index contributed by atoms with van der Waals surface area (Å²) in [5, 5.41) is 1.79. The first kappa shape index (κ1) is 10.9. The van der Waals surface area contributed by atoms with Crippen LogP contribution in [0.25, 0.3) is 5.57 Å². The molecular formula is C11H12O2S. The highest BCUT2D eigenvalue weighted by atomic mass is 32.2. The van der Waals surface area contributed by atoms with Crippen molar-refractivity contribution in [2.24, 2.45) is 0 Å². The van der Waals surface area contributed by atoms with Crippen molar-refractivity contribution in [1.29, 1.82) is 0 Å². The average molecular weight is 208 g/mol. The van der Waals surface area contributed by atoms with Crippen LogP contribution < -0.4 is 0 Å². The topological polar surface area (TPSA) is 26.3 Å². The van der Waals surface area contributed by atoms with Gasteiger partial charge in [0.1, 0.15) is 0 Å². The van der Waals surface area contributed by atoms with E-state index < -0.39 is 0 Å². The average Bonchev–Trinajstić information content (AvgIpc) is 2.26. The van der Waals surface area contributed by atoms with Gasteiger partial charge in [0.2, 0.25) is 0 Å². The standard InChI is InChI=1S/C11H12O2S/c1-13-11(12)10(8-14-2)9-6-4-3-5-7-9/h3-8H,1-2H3/b10-8+. The molecule has 0 unspecified atom stereocenters. The molecular weight excluding hydrogens is 196 g/mol. The summed E-state index contributed by atoms with van der Waals surface area (Å²) in [5.41, 5.74) is 1.48. The molecule has 0 amide bonds. The van der Waals surface area contributed by atoms with Crippen molar-refractivity contribution in [2.75, 3.05) is 13.4 Å². The van der Waals surface area contributed by atoms with Crippen LogP contribution in [0.5, 0.6) is 0 Å². The Hall–Kier alpha value is -1.22. The van der Waals surface area contributed by atoms with Gasteiger partial charge in [-0.05, 0) is 17.2 Å². The summed E-state index contributed by atoms with van der Waals surface area (Å²) >= 11 is 1.49. The number of rotatable bonds is 3. The molecule has 0 heterocycles. The van der Waals surface area contributed by atoms with E-state index in [0.29, 0.717) is 5.57 Å². The van der Waals surface area contributed by atoms with Gasteiger partial charge in [-0.3, -0.25) is 0 Å². The molecule has 0 aliphatic carbocycles. The van der Waals surface area contributed by atoms with Gasteiger partial charge in [0.25, 0.3) is 0 Å². The van der Waals surface area contributed by atoms with Gasteiger partial charge in [-0.15, -0.1) is 11.8 Å². The van der Waals surface area contributed by atoms with Crippen LogP contribution in [0, 0.1) is 0 Å². The Kier molecular flexibility index (Phi) is 4.26. The van der Waals surface area contributed by atoms with Crippen molar-refractivity contribution in [3.63, 3.8) is 0 Å². The molecule has 0 aromatic heterocycles. The molecule has 0 N–H and O–H groups in total. The Morgan fingerprint density at radius 3 is 2.50 bits per heavy atom. The fourth-order valence-electron chi connectivity index (χ4n) is 1.08. The Bertz CT molecular complexity index is 330. The maximum absolute atomic E-state index is 11.4. The van der Waals surface area contributed by atoms with E-state index in [1.807, 2.05) is 36.6 Å². The van der Waals surface area contributed by atoms with Crippen LogP contribution in [0.2, 0.25) is 0 Å². The second-order valence-corrected chi connectivity index (χ2v) is 3.33. The molecule has 0 saturated heterocycles. The molecule has 74 valence electrons. The van der Waals surface area contributed by atoms with Crippen molar-refractivity contribution >= 4 is 23.3 Å². The Morgan fingerprint density at radius 1 is 1.36 bits per heavy atom. The third-order valence-electron chi connectivity index (χ3n) is 1.73. The molecule has 1 aromatic carbocycles. The number of methoxy groups -OCH3 is 1. The minimum absolute atomic E-state index is 0.300. The lowest BCUT2D eigenvalue weighted by Gasteiger charge is -2.04. The number of thioether (sulfide) groups is 1. The molecule has 2 nitrogen and oxygen atoms in total. The molecule has 3 heteroatoms. The monoisotopic (exact) mass is 208 g/mol. The highest BCUT2D eigenvalue weighted by Gasteiger charge is 2.10. The number of benzene rings is 1. The highest BCUT2D eigenvalue weighted by Crippen LogP contribution is 2.18. The quantitative estimate of drug-likeness (QED) is 0.564. The molecule has 0 aliphatic rings. The van der Waals surface area contributed by atoms with Gasteiger partial charge < -0.3 is 4.74 Å². The van der Waals surface area contributed by atoms with Gasteiger partial charge in [-0.2, -0.15) is 0 Å². The predicted octanol–water partition coefficient (Wildman–Crippen LogP) is 2.56. The van der Waals surface area contributed by atoms with E-state index in [0.717, 1.165) is 5.56 Å². The first-order chi connectivity index (χ1) is 6.79. The highest BCUT2D eigenvalue weighted by molar-refractivity contribution is 8.01. The van der Waals surface area contributed by atoms with Gasteiger partial charge >= 0.3 is 5.97 Å². The van der Waals surface area contributed by atoms with Crippen LogP contribution in [0.4, 0.5) is 0 Å². The minimum Gasteiger partial charge on any atom is -0.465 e. The van der Waals surface area contributed by atoms with Crippen molar-refractivity contribution in [3.8, 4) is 0 Å². The molecule has 0 bridgehead atoms. The van der Waals surface area contributed by atoms with E-state index in [1.165, 1.54) is 18.9 Å². The first-order valence-electron chi connectivity index (χ1n) is 4.16. The normalized spacial score (nSPS) is 11.1. The molecule has 0 fully saturated rings. The van der Waals surface area contributed by atoms with Crippen molar-refractivity contribution in [3.05, 3.63) is 41.3 Å². The van der Waals surface area contributed by atoms with Crippen LogP contribution in [0.3, 0.4) is 0 Å². The summed E-state index contributed by atoms with van der Waals surface area (Å²) in [6.45, 7) is 0. The summed E-state index contributed by atoms with van der Waals surface area (Å²) in [6, 6.07) is 9.48. The lowest BCUT2D eigenvalue weighted by molar-refractivity contribution is -0.133. The third-order valence-corrected chi connectivity index (χ3v) is 2.20. The zero-order chi connectivity index (χ0) is 10.4. The smallest absolute Gasteiger partial charge is 0.338 e. The maximum atomic E-state index is 11.4. The van der Waals surface area contributed by atoms with Crippen LogP contribution in [0.1, 0.15) is 5.56 Å². The summed E-state index contributed by atoms with van der Waals surface area (Å²) in [7, 11) is 1.39. The van der Waals surface area contributed by atoms with E-state index in [9.17, 15) is 4.79 Å². The molecule has 0 saturated carbocycles. The lowest BCUT2D eigenvalue weighted by Crippen LogP contribution is -2.03. The van der Waals surface area contributed by atoms with Crippen LogP contribution >= 0.6 is 11.8 Å². The van der Waals surface area contributed by atoms with E-state index in [1.54, 1.807) is 5.41 Å². The van der Waals surface area contributed by atoms with Crippen molar-refractivity contribution in [1.82, 2.24) is 0 Å². The molecule has 0 aliphatic heterocycles. The maximum Gasteiger partial charge on any atom is 0.338 e.